The third-order valence-corrected chi connectivity index (χ3v) is 4.87. The van der Waals surface area contributed by atoms with Crippen molar-refractivity contribution in [2.24, 2.45) is 0 Å². The van der Waals surface area contributed by atoms with Crippen LogP contribution in [0.4, 0.5) is 10.1 Å². The van der Waals surface area contributed by atoms with E-state index in [0.29, 0.717) is 22.2 Å². The van der Waals surface area contributed by atoms with Gasteiger partial charge in [-0.2, -0.15) is 0 Å². The number of benzene rings is 2. The Morgan fingerprint density at radius 2 is 2.03 bits per heavy atom. The normalized spacial score (nSPS) is 13.7. The van der Waals surface area contributed by atoms with Gasteiger partial charge in [-0.25, -0.2) is 9.18 Å². The van der Waals surface area contributed by atoms with Crippen LogP contribution in [0.25, 0.3) is 11.0 Å². The third kappa shape index (κ3) is 3.94. The number of esters is 1. The molecule has 1 aromatic heterocycles. The fourth-order valence-corrected chi connectivity index (χ4v) is 3.09. The average molecular weight is 397 g/mol. The molecule has 7 heteroatoms. The lowest BCUT2D eigenvalue weighted by molar-refractivity contribution is 0.0526. The molecule has 1 aliphatic carbocycles. The van der Waals surface area contributed by atoms with E-state index in [1.165, 1.54) is 24.5 Å². The summed E-state index contributed by atoms with van der Waals surface area (Å²) in [6, 6.07) is 9.05. The van der Waals surface area contributed by atoms with E-state index in [1.54, 1.807) is 25.1 Å². The molecule has 0 saturated heterocycles. The number of carbonyl (C=O) groups is 2. The number of ether oxygens (including phenoxy) is 2. The maximum Gasteiger partial charge on any atom is 0.338 e. The molecular formula is C22H20FNO5. The van der Waals surface area contributed by atoms with Crippen LogP contribution in [0.5, 0.6) is 5.75 Å². The van der Waals surface area contributed by atoms with Gasteiger partial charge in [0.05, 0.1) is 23.8 Å². The molecule has 0 bridgehead atoms. The molecule has 6 nitrogen and oxygen atoms in total. The van der Waals surface area contributed by atoms with Gasteiger partial charge in [-0.05, 0) is 56.5 Å². The van der Waals surface area contributed by atoms with Gasteiger partial charge in [-0.15, -0.1) is 0 Å². The van der Waals surface area contributed by atoms with E-state index in [-0.39, 0.29) is 24.0 Å². The lowest BCUT2D eigenvalue weighted by atomic mass is 9.96. The van der Waals surface area contributed by atoms with Gasteiger partial charge in [0.1, 0.15) is 11.8 Å². The van der Waals surface area contributed by atoms with Crippen molar-refractivity contribution in [3.05, 3.63) is 59.6 Å². The summed E-state index contributed by atoms with van der Waals surface area (Å²) < 4.78 is 30.2. The SMILES string of the molecule is CCOC(=O)c1ccc2c(C(=O)Nc3ccc(OC4CCC4)c(F)c3)coc2c1. The maximum atomic E-state index is 14.3. The summed E-state index contributed by atoms with van der Waals surface area (Å²) in [6.07, 6.45) is 4.34. The van der Waals surface area contributed by atoms with Crippen LogP contribution >= 0.6 is 0 Å². The van der Waals surface area contributed by atoms with Crippen LogP contribution in [0, 0.1) is 5.82 Å². The highest BCUT2D eigenvalue weighted by atomic mass is 19.1. The Hall–Kier alpha value is -3.35. The molecule has 0 atom stereocenters. The molecule has 1 fully saturated rings. The van der Waals surface area contributed by atoms with Gasteiger partial charge in [0.15, 0.2) is 11.6 Å². The van der Waals surface area contributed by atoms with Crippen LogP contribution in [0.2, 0.25) is 0 Å². The largest absolute Gasteiger partial charge is 0.487 e. The van der Waals surface area contributed by atoms with E-state index in [2.05, 4.69) is 5.32 Å². The monoisotopic (exact) mass is 397 g/mol. The quantitative estimate of drug-likeness (QED) is 0.597. The lowest BCUT2D eigenvalue weighted by Crippen LogP contribution is -2.25. The summed E-state index contributed by atoms with van der Waals surface area (Å²) in [5.41, 5.74) is 1.32. The molecule has 0 aliphatic heterocycles. The summed E-state index contributed by atoms with van der Waals surface area (Å²) >= 11 is 0. The van der Waals surface area contributed by atoms with Crippen molar-refractivity contribution in [1.82, 2.24) is 0 Å². The van der Waals surface area contributed by atoms with E-state index < -0.39 is 17.7 Å². The molecular weight excluding hydrogens is 377 g/mol. The fourth-order valence-electron chi connectivity index (χ4n) is 3.09. The van der Waals surface area contributed by atoms with Gasteiger partial charge in [-0.3, -0.25) is 4.79 Å². The molecule has 2 aromatic carbocycles. The minimum Gasteiger partial charge on any atom is -0.487 e. The third-order valence-electron chi connectivity index (χ3n) is 4.87. The Labute approximate surface area is 166 Å². The summed E-state index contributed by atoms with van der Waals surface area (Å²) in [5, 5.41) is 3.20. The molecule has 4 rings (SSSR count). The van der Waals surface area contributed by atoms with Crippen molar-refractivity contribution in [3.8, 4) is 5.75 Å². The second-order valence-electron chi connectivity index (χ2n) is 6.85. The van der Waals surface area contributed by atoms with E-state index in [4.69, 9.17) is 13.9 Å². The molecule has 0 spiro atoms. The van der Waals surface area contributed by atoms with Crippen LogP contribution in [0.1, 0.15) is 46.9 Å². The molecule has 29 heavy (non-hydrogen) atoms. The molecule has 3 aromatic rings. The molecule has 1 amide bonds. The van der Waals surface area contributed by atoms with E-state index in [0.717, 1.165) is 19.3 Å². The zero-order chi connectivity index (χ0) is 20.4. The molecule has 1 N–H and O–H groups in total. The van der Waals surface area contributed by atoms with Crippen molar-refractivity contribution < 1.29 is 27.9 Å². The van der Waals surface area contributed by atoms with Gasteiger partial charge >= 0.3 is 5.97 Å². The van der Waals surface area contributed by atoms with Crippen LogP contribution in [-0.2, 0) is 4.74 Å². The molecule has 150 valence electrons. The number of hydrogen-bond donors (Lipinski definition) is 1. The van der Waals surface area contributed by atoms with Gasteiger partial charge < -0.3 is 19.2 Å². The van der Waals surface area contributed by atoms with E-state index >= 15 is 0 Å². The first-order chi connectivity index (χ1) is 14.0. The summed E-state index contributed by atoms with van der Waals surface area (Å²) in [5.74, 6) is -1.24. The Kier molecular flexibility index (Phi) is 5.20. The number of halogens is 1. The minimum atomic E-state index is -0.522. The van der Waals surface area contributed by atoms with Crippen LogP contribution in [-0.4, -0.2) is 24.6 Å². The van der Waals surface area contributed by atoms with Gasteiger partial charge in [0, 0.05) is 17.1 Å². The average Bonchev–Trinajstić information content (AvgIpc) is 3.09. The number of hydrogen-bond acceptors (Lipinski definition) is 5. The Morgan fingerprint density at radius 1 is 1.21 bits per heavy atom. The minimum absolute atomic E-state index is 0.0711. The van der Waals surface area contributed by atoms with Gasteiger partial charge in [-0.1, -0.05) is 0 Å². The highest BCUT2D eigenvalue weighted by Crippen LogP contribution is 2.29. The molecule has 0 unspecified atom stereocenters. The first kappa shape index (κ1) is 19.0. The van der Waals surface area contributed by atoms with Crippen molar-refractivity contribution in [3.63, 3.8) is 0 Å². The standard InChI is InChI=1S/C22H20FNO5/c1-2-27-22(26)13-6-8-16-17(12-28-20(16)10-13)21(25)24-14-7-9-19(18(23)11-14)29-15-4-3-5-15/h6-12,15H,2-5H2,1H3,(H,24,25). The van der Waals surface area contributed by atoms with Crippen molar-refractivity contribution in [1.29, 1.82) is 0 Å². The van der Waals surface area contributed by atoms with E-state index in [1.807, 2.05) is 0 Å². The summed E-state index contributed by atoms with van der Waals surface area (Å²) in [6.45, 7) is 1.99. The Balaban J connectivity index is 1.50. The Morgan fingerprint density at radius 3 is 2.72 bits per heavy atom. The zero-order valence-corrected chi connectivity index (χ0v) is 15.9. The molecule has 1 saturated carbocycles. The second-order valence-corrected chi connectivity index (χ2v) is 6.85. The molecule has 1 heterocycles. The highest BCUT2D eigenvalue weighted by molar-refractivity contribution is 6.12. The van der Waals surface area contributed by atoms with Crippen LogP contribution in [0.3, 0.4) is 0 Å². The number of amides is 1. The number of nitrogens with one attached hydrogen (secondary N) is 1. The number of rotatable bonds is 6. The topological polar surface area (TPSA) is 77.8 Å². The number of anilines is 1. The Bertz CT molecular complexity index is 1070. The molecule has 1 aliphatic rings. The number of furan rings is 1. The summed E-state index contributed by atoms with van der Waals surface area (Å²) in [4.78, 5) is 24.5. The second kappa shape index (κ2) is 7.95. The summed E-state index contributed by atoms with van der Waals surface area (Å²) in [7, 11) is 0. The van der Waals surface area contributed by atoms with Crippen molar-refractivity contribution in [2.45, 2.75) is 32.3 Å². The van der Waals surface area contributed by atoms with Gasteiger partial charge in [0.2, 0.25) is 0 Å². The first-order valence-electron chi connectivity index (χ1n) is 9.51. The maximum absolute atomic E-state index is 14.3. The van der Waals surface area contributed by atoms with Crippen LogP contribution in [0.15, 0.2) is 47.1 Å². The lowest BCUT2D eigenvalue weighted by Gasteiger charge is -2.26. The van der Waals surface area contributed by atoms with Crippen molar-refractivity contribution in [2.75, 3.05) is 11.9 Å². The molecule has 0 radical (unpaired) electrons. The smallest absolute Gasteiger partial charge is 0.338 e. The van der Waals surface area contributed by atoms with E-state index in [9.17, 15) is 14.0 Å². The van der Waals surface area contributed by atoms with Gasteiger partial charge in [0.25, 0.3) is 5.91 Å². The highest BCUT2D eigenvalue weighted by Gasteiger charge is 2.21. The number of fused-ring (bicyclic) bond motifs is 1. The predicted octanol–water partition coefficient (Wildman–Crippen LogP) is 4.93. The van der Waals surface area contributed by atoms with Crippen LogP contribution < -0.4 is 10.1 Å². The first-order valence-corrected chi connectivity index (χ1v) is 9.51. The zero-order valence-electron chi connectivity index (χ0n) is 15.9. The van der Waals surface area contributed by atoms with Crippen molar-refractivity contribution >= 4 is 28.5 Å². The number of carbonyl (C=O) groups excluding carboxylic acids is 2. The predicted molar refractivity (Wildman–Crippen MR) is 105 cm³/mol. The fraction of sp³-hybridized carbons (Fsp3) is 0.273.